The molecule has 1 aromatic carbocycles. The van der Waals surface area contributed by atoms with E-state index >= 15 is 0 Å². The molecule has 0 aliphatic rings. The van der Waals surface area contributed by atoms with Crippen LogP contribution < -0.4 is 10.1 Å². The molecule has 0 aliphatic carbocycles. The molecule has 0 spiro atoms. The predicted octanol–water partition coefficient (Wildman–Crippen LogP) is 2.73. The SMILES string of the molecule is CN(C)[C@@H](CNC(=O)COc1ccc(Cl)cc1)c1ccco1. The third-order valence-electron chi connectivity index (χ3n) is 3.17. The second-order valence-electron chi connectivity index (χ2n) is 5.04. The van der Waals surface area contributed by atoms with Crippen molar-refractivity contribution in [2.24, 2.45) is 0 Å². The number of hydrogen-bond acceptors (Lipinski definition) is 4. The second kappa shape index (κ2) is 7.87. The van der Waals surface area contributed by atoms with E-state index < -0.39 is 0 Å². The van der Waals surface area contributed by atoms with Crippen molar-refractivity contribution < 1.29 is 13.9 Å². The first kappa shape index (κ1) is 16.4. The van der Waals surface area contributed by atoms with Gasteiger partial charge in [-0.2, -0.15) is 0 Å². The fourth-order valence-electron chi connectivity index (χ4n) is 1.96. The van der Waals surface area contributed by atoms with Crippen molar-refractivity contribution in [1.82, 2.24) is 10.2 Å². The maximum atomic E-state index is 11.9. The van der Waals surface area contributed by atoms with E-state index in [1.54, 1.807) is 30.5 Å². The van der Waals surface area contributed by atoms with Crippen molar-refractivity contribution in [2.45, 2.75) is 6.04 Å². The maximum Gasteiger partial charge on any atom is 0.258 e. The molecule has 118 valence electrons. The Labute approximate surface area is 134 Å². The summed E-state index contributed by atoms with van der Waals surface area (Å²) in [5.74, 6) is 1.23. The highest BCUT2D eigenvalue weighted by Gasteiger charge is 2.17. The monoisotopic (exact) mass is 322 g/mol. The number of likely N-dealkylation sites (N-methyl/N-ethyl adjacent to an activating group) is 1. The van der Waals surface area contributed by atoms with Gasteiger partial charge in [0.05, 0.1) is 12.3 Å². The zero-order valence-corrected chi connectivity index (χ0v) is 13.3. The lowest BCUT2D eigenvalue weighted by Crippen LogP contribution is -2.36. The smallest absolute Gasteiger partial charge is 0.258 e. The van der Waals surface area contributed by atoms with E-state index in [9.17, 15) is 4.79 Å². The summed E-state index contributed by atoms with van der Waals surface area (Å²) in [6.45, 7) is 0.406. The Hall–Kier alpha value is -1.98. The molecule has 0 aliphatic heterocycles. The van der Waals surface area contributed by atoms with Gasteiger partial charge in [-0.15, -0.1) is 0 Å². The lowest BCUT2D eigenvalue weighted by molar-refractivity contribution is -0.123. The number of carbonyl (C=O) groups excluding carboxylic acids is 1. The molecule has 1 amide bonds. The average Bonchev–Trinajstić information content (AvgIpc) is 3.00. The largest absolute Gasteiger partial charge is 0.484 e. The molecule has 0 bridgehead atoms. The molecule has 0 radical (unpaired) electrons. The number of amides is 1. The zero-order valence-electron chi connectivity index (χ0n) is 12.6. The highest BCUT2D eigenvalue weighted by Crippen LogP contribution is 2.18. The molecule has 5 nitrogen and oxygen atoms in total. The number of rotatable bonds is 7. The van der Waals surface area contributed by atoms with E-state index in [0.717, 1.165) is 5.76 Å². The van der Waals surface area contributed by atoms with Crippen molar-refractivity contribution in [2.75, 3.05) is 27.2 Å². The van der Waals surface area contributed by atoms with Gasteiger partial charge in [0.2, 0.25) is 0 Å². The second-order valence-corrected chi connectivity index (χ2v) is 5.48. The lowest BCUT2D eigenvalue weighted by atomic mass is 10.2. The van der Waals surface area contributed by atoms with Gasteiger partial charge in [-0.25, -0.2) is 0 Å². The minimum Gasteiger partial charge on any atom is -0.484 e. The van der Waals surface area contributed by atoms with E-state index in [0.29, 0.717) is 17.3 Å². The number of nitrogens with zero attached hydrogens (tertiary/aromatic N) is 1. The molecule has 1 atom stereocenters. The molecule has 2 rings (SSSR count). The summed E-state index contributed by atoms with van der Waals surface area (Å²) in [6.07, 6.45) is 1.62. The Balaban J connectivity index is 1.80. The standard InChI is InChI=1S/C16H19ClN2O3/c1-19(2)14(15-4-3-9-21-15)10-18-16(20)11-22-13-7-5-12(17)6-8-13/h3-9,14H,10-11H2,1-2H3,(H,18,20)/t14-/m0/s1. The summed E-state index contributed by atoms with van der Waals surface area (Å²) in [5, 5.41) is 3.47. The molecule has 0 saturated heterocycles. The van der Waals surface area contributed by atoms with Crippen LogP contribution >= 0.6 is 11.6 Å². The van der Waals surface area contributed by atoms with E-state index in [1.807, 2.05) is 31.1 Å². The molecule has 0 saturated carbocycles. The Morgan fingerprint density at radius 3 is 2.64 bits per heavy atom. The van der Waals surface area contributed by atoms with Crippen molar-refractivity contribution in [3.63, 3.8) is 0 Å². The molecule has 1 aromatic heterocycles. The fraction of sp³-hybridized carbons (Fsp3) is 0.312. The van der Waals surface area contributed by atoms with Crippen LogP contribution in [0.25, 0.3) is 0 Å². The number of furan rings is 1. The first-order chi connectivity index (χ1) is 10.6. The van der Waals surface area contributed by atoms with E-state index in [2.05, 4.69) is 5.32 Å². The number of hydrogen-bond donors (Lipinski definition) is 1. The first-order valence-electron chi connectivity index (χ1n) is 6.91. The number of ether oxygens (including phenoxy) is 1. The van der Waals surface area contributed by atoms with Gasteiger partial charge in [-0.05, 0) is 50.5 Å². The average molecular weight is 323 g/mol. The molecule has 1 N–H and O–H groups in total. The molecule has 2 aromatic rings. The van der Waals surface area contributed by atoms with Crippen LogP contribution in [0.1, 0.15) is 11.8 Å². The van der Waals surface area contributed by atoms with Gasteiger partial charge in [0.1, 0.15) is 11.5 Å². The fourth-order valence-corrected chi connectivity index (χ4v) is 2.09. The number of nitrogens with one attached hydrogen (secondary N) is 1. The van der Waals surface area contributed by atoms with Gasteiger partial charge < -0.3 is 14.5 Å². The minimum absolute atomic E-state index is 0.0190. The first-order valence-corrected chi connectivity index (χ1v) is 7.29. The van der Waals surface area contributed by atoms with E-state index in [-0.39, 0.29) is 18.6 Å². The van der Waals surface area contributed by atoms with Gasteiger partial charge in [-0.1, -0.05) is 11.6 Å². The van der Waals surface area contributed by atoms with Crippen molar-refractivity contribution in [3.8, 4) is 5.75 Å². The summed E-state index contributed by atoms with van der Waals surface area (Å²) in [4.78, 5) is 13.9. The Morgan fingerprint density at radius 1 is 1.32 bits per heavy atom. The quantitative estimate of drug-likeness (QED) is 0.851. The van der Waals surface area contributed by atoms with Crippen LogP contribution in [0.5, 0.6) is 5.75 Å². The Kier molecular flexibility index (Phi) is 5.86. The van der Waals surface area contributed by atoms with Gasteiger partial charge in [0.15, 0.2) is 6.61 Å². The Bertz CT molecular complexity index is 582. The maximum absolute atomic E-state index is 11.9. The molecular formula is C16H19ClN2O3. The summed E-state index contributed by atoms with van der Waals surface area (Å²) in [5.41, 5.74) is 0. The molecule has 22 heavy (non-hydrogen) atoms. The number of halogens is 1. The minimum atomic E-state index is -0.187. The Morgan fingerprint density at radius 2 is 2.05 bits per heavy atom. The van der Waals surface area contributed by atoms with Crippen molar-refractivity contribution in [3.05, 3.63) is 53.4 Å². The van der Waals surface area contributed by atoms with Crippen LogP contribution in [0.15, 0.2) is 47.1 Å². The van der Waals surface area contributed by atoms with E-state index in [4.69, 9.17) is 20.8 Å². The topological polar surface area (TPSA) is 54.7 Å². The normalized spacial score (nSPS) is 12.2. The van der Waals surface area contributed by atoms with Crippen LogP contribution in [0.2, 0.25) is 5.02 Å². The zero-order chi connectivity index (χ0) is 15.9. The van der Waals surface area contributed by atoms with Crippen molar-refractivity contribution >= 4 is 17.5 Å². The molecule has 0 fully saturated rings. The van der Waals surface area contributed by atoms with Gasteiger partial charge >= 0.3 is 0 Å². The van der Waals surface area contributed by atoms with Gasteiger partial charge in [0.25, 0.3) is 5.91 Å². The van der Waals surface area contributed by atoms with Gasteiger partial charge in [-0.3, -0.25) is 9.69 Å². The van der Waals surface area contributed by atoms with Gasteiger partial charge in [0, 0.05) is 11.6 Å². The third-order valence-corrected chi connectivity index (χ3v) is 3.42. The van der Waals surface area contributed by atoms with Crippen LogP contribution in [0.3, 0.4) is 0 Å². The molecule has 0 unspecified atom stereocenters. The molecule has 1 heterocycles. The summed E-state index contributed by atoms with van der Waals surface area (Å²) in [7, 11) is 3.87. The van der Waals surface area contributed by atoms with Crippen LogP contribution in [-0.2, 0) is 4.79 Å². The third kappa shape index (κ3) is 4.79. The summed E-state index contributed by atoms with van der Waals surface area (Å²) < 4.78 is 10.8. The van der Waals surface area contributed by atoms with E-state index in [1.165, 1.54) is 0 Å². The number of carbonyl (C=O) groups is 1. The predicted molar refractivity (Wildman–Crippen MR) is 85.1 cm³/mol. The highest BCUT2D eigenvalue weighted by atomic mass is 35.5. The van der Waals surface area contributed by atoms with Crippen LogP contribution in [0.4, 0.5) is 0 Å². The summed E-state index contributed by atoms with van der Waals surface area (Å²) in [6, 6.07) is 10.6. The van der Waals surface area contributed by atoms with Crippen LogP contribution in [-0.4, -0.2) is 38.1 Å². The number of benzene rings is 1. The molecular weight excluding hydrogens is 304 g/mol. The molecule has 6 heteroatoms. The lowest BCUT2D eigenvalue weighted by Gasteiger charge is -2.22. The van der Waals surface area contributed by atoms with Crippen LogP contribution in [0, 0.1) is 0 Å². The highest BCUT2D eigenvalue weighted by molar-refractivity contribution is 6.30. The van der Waals surface area contributed by atoms with Crippen molar-refractivity contribution in [1.29, 1.82) is 0 Å². The summed E-state index contributed by atoms with van der Waals surface area (Å²) >= 11 is 5.79.